The zero-order chi connectivity index (χ0) is 23.7. The van der Waals surface area contributed by atoms with Crippen LogP contribution < -0.4 is 15.4 Å². The van der Waals surface area contributed by atoms with Crippen molar-refractivity contribution in [3.05, 3.63) is 113 Å². The van der Waals surface area contributed by atoms with Crippen LogP contribution in [0.2, 0.25) is 0 Å². The fourth-order valence-corrected chi connectivity index (χ4v) is 4.14. The zero-order valence-electron chi connectivity index (χ0n) is 19.0. The minimum atomic E-state index is -0.163. The topological polar surface area (TPSA) is 67.4 Å². The number of para-hydroxylation sites is 1. The molecule has 0 fully saturated rings. The quantitative estimate of drug-likeness (QED) is 0.298. The predicted molar refractivity (Wildman–Crippen MR) is 135 cm³/mol. The summed E-state index contributed by atoms with van der Waals surface area (Å²) in [6.07, 6.45) is 0. The highest BCUT2D eigenvalue weighted by atomic mass is 16.5. The lowest BCUT2D eigenvalue weighted by Gasteiger charge is -2.24. The summed E-state index contributed by atoms with van der Waals surface area (Å²) < 4.78 is 5.86. The second-order valence-electron chi connectivity index (χ2n) is 8.48. The van der Waals surface area contributed by atoms with Gasteiger partial charge < -0.3 is 15.4 Å². The van der Waals surface area contributed by atoms with Gasteiger partial charge in [-0.05, 0) is 62.4 Å². The van der Waals surface area contributed by atoms with Crippen LogP contribution in [0.3, 0.4) is 0 Å². The number of hydrogen-bond acceptors (Lipinski definition) is 5. The van der Waals surface area contributed by atoms with E-state index in [1.807, 2.05) is 80.6 Å². The van der Waals surface area contributed by atoms with Gasteiger partial charge in [0, 0.05) is 28.5 Å². The highest BCUT2D eigenvalue weighted by Crippen LogP contribution is 2.38. The fourth-order valence-electron chi connectivity index (χ4n) is 4.14. The zero-order valence-corrected chi connectivity index (χ0v) is 19.0. The van der Waals surface area contributed by atoms with Crippen molar-refractivity contribution in [2.45, 2.75) is 19.9 Å². The van der Waals surface area contributed by atoms with Gasteiger partial charge in [0.05, 0.1) is 16.8 Å². The average Bonchev–Trinajstić information content (AvgIpc) is 2.85. The Morgan fingerprint density at radius 3 is 1.76 bits per heavy atom. The first-order valence-corrected chi connectivity index (χ1v) is 11.2. The number of hydrogen-bond donors (Lipinski definition) is 2. The Morgan fingerprint density at radius 1 is 0.618 bits per heavy atom. The Bertz CT molecular complexity index is 1380. The van der Waals surface area contributed by atoms with E-state index < -0.39 is 0 Å². The van der Waals surface area contributed by atoms with Gasteiger partial charge in [-0.1, -0.05) is 42.5 Å². The Morgan fingerprint density at radius 2 is 1.15 bits per heavy atom. The Balaban J connectivity index is 1.50. The predicted octanol–water partition coefficient (Wildman–Crippen LogP) is 6.82. The number of rotatable bonds is 6. The molecule has 0 bridgehead atoms. The van der Waals surface area contributed by atoms with Crippen molar-refractivity contribution >= 4 is 28.6 Å². The molecule has 5 rings (SSSR count). The second kappa shape index (κ2) is 8.87. The lowest BCUT2D eigenvalue weighted by atomic mass is 9.82. The molecule has 168 valence electrons. The molecular formula is C29H24N2O3. The van der Waals surface area contributed by atoms with E-state index in [9.17, 15) is 9.59 Å². The van der Waals surface area contributed by atoms with Gasteiger partial charge in [-0.2, -0.15) is 0 Å². The van der Waals surface area contributed by atoms with E-state index in [2.05, 4.69) is 10.6 Å². The van der Waals surface area contributed by atoms with Crippen molar-refractivity contribution in [3.8, 4) is 11.5 Å². The van der Waals surface area contributed by atoms with E-state index in [0.29, 0.717) is 39.4 Å². The van der Waals surface area contributed by atoms with Crippen LogP contribution in [0, 0.1) is 0 Å². The number of carbonyl (C=O) groups is 2. The van der Waals surface area contributed by atoms with Gasteiger partial charge in [0.2, 0.25) is 0 Å². The number of ether oxygens (including phenoxy) is 1. The molecule has 0 atom stereocenters. The Hall–Kier alpha value is -4.38. The molecule has 0 heterocycles. The molecule has 0 saturated heterocycles. The first-order chi connectivity index (χ1) is 16.5. The summed E-state index contributed by atoms with van der Waals surface area (Å²) in [5.41, 5.74) is 3.70. The monoisotopic (exact) mass is 448 g/mol. The van der Waals surface area contributed by atoms with Gasteiger partial charge >= 0.3 is 0 Å². The van der Waals surface area contributed by atoms with Crippen molar-refractivity contribution in [1.82, 2.24) is 0 Å². The molecule has 34 heavy (non-hydrogen) atoms. The smallest absolute Gasteiger partial charge is 0.196 e. The van der Waals surface area contributed by atoms with Crippen molar-refractivity contribution in [2.75, 3.05) is 10.6 Å². The highest BCUT2D eigenvalue weighted by Gasteiger charge is 2.34. The summed E-state index contributed by atoms with van der Waals surface area (Å²) in [5, 5.41) is 6.65. The van der Waals surface area contributed by atoms with Gasteiger partial charge in [0.15, 0.2) is 11.6 Å². The molecule has 0 spiro atoms. The van der Waals surface area contributed by atoms with E-state index in [1.165, 1.54) is 0 Å². The summed E-state index contributed by atoms with van der Waals surface area (Å²) in [4.78, 5) is 27.0. The molecule has 4 aromatic carbocycles. The minimum Gasteiger partial charge on any atom is -0.457 e. The molecule has 0 unspecified atom stereocenters. The third-order valence-electron chi connectivity index (χ3n) is 5.63. The third kappa shape index (κ3) is 4.04. The lowest BCUT2D eigenvalue weighted by Crippen LogP contribution is -2.25. The maximum absolute atomic E-state index is 13.5. The van der Waals surface area contributed by atoms with Gasteiger partial charge in [-0.25, -0.2) is 0 Å². The molecule has 1 aliphatic carbocycles. The van der Waals surface area contributed by atoms with E-state index in [0.717, 1.165) is 11.4 Å². The van der Waals surface area contributed by atoms with Crippen LogP contribution in [0.4, 0.5) is 17.1 Å². The van der Waals surface area contributed by atoms with Crippen LogP contribution in [0.5, 0.6) is 11.5 Å². The molecule has 0 aromatic heterocycles. The SMILES string of the molecule is CC(C)Nc1ccc(Nc2ccc(Oc3ccccc3)cc2)c2c1C(=O)c1ccccc1C2=O. The Labute approximate surface area is 198 Å². The number of nitrogens with one attached hydrogen (secondary N) is 2. The first-order valence-electron chi connectivity index (χ1n) is 11.2. The standard InChI is InChI=1S/C29H24N2O3/c1-18(2)30-24-16-17-25(27-26(24)28(32)22-10-6-7-11-23(22)29(27)33)31-19-12-14-21(15-13-19)34-20-8-4-3-5-9-20/h3-18,30-31H,1-2H3. The van der Waals surface area contributed by atoms with E-state index in [4.69, 9.17) is 4.74 Å². The van der Waals surface area contributed by atoms with Crippen molar-refractivity contribution < 1.29 is 14.3 Å². The summed E-state index contributed by atoms with van der Waals surface area (Å²) in [6, 6.07) is 27.8. The summed E-state index contributed by atoms with van der Waals surface area (Å²) in [6.45, 7) is 4.00. The average molecular weight is 449 g/mol. The van der Waals surface area contributed by atoms with E-state index in [-0.39, 0.29) is 17.6 Å². The number of anilines is 3. The maximum Gasteiger partial charge on any atom is 0.196 e. The van der Waals surface area contributed by atoms with Crippen LogP contribution in [0.25, 0.3) is 0 Å². The molecule has 5 heteroatoms. The van der Waals surface area contributed by atoms with Crippen molar-refractivity contribution in [1.29, 1.82) is 0 Å². The van der Waals surface area contributed by atoms with Crippen molar-refractivity contribution in [3.63, 3.8) is 0 Å². The minimum absolute atomic E-state index is 0.111. The fraction of sp³-hybridized carbons (Fsp3) is 0.103. The van der Waals surface area contributed by atoms with Gasteiger partial charge in [-0.15, -0.1) is 0 Å². The van der Waals surface area contributed by atoms with Crippen LogP contribution in [-0.4, -0.2) is 17.6 Å². The second-order valence-corrected chi connectivity index (χ2v) is 8.48. The van der Waals surface area contributed by atoms with E-state index in [1.54, 1.807) is 24.3 Å². The number of fused-ring (bicyclic) bond motifs is 2. The molecule has 2 N–H and O–H groups in total. The van der Waals surface area contributed by atoms with Crippen LogP contribution >= 0.6 is 0 Å². The molecule has 0 aliphatic heterocycles. The molecular weight excluding hydrogens is 424 g/mol. The normalized spacial score (nSPS) is 12.2. The Kier molecular flexibility index (Phi) is 5.60. The van der Waals surface area contributed by atoms with Gasteiger partial charge in [-0.3, -0.25) is 9.59 Å². The van der Waals surface area contributed by atoms with E-state index >= 15 is 0 Å². The number of benzene rings is 4. The summed E-state index contributed by atoms with van der Waals surface area (Å²) in [7, 11) is 0. The number of carbonyl (C=O) groups excluding carboxylic acids is 2. The molecule has 1 aliphatic rings. The first kappa shape index (κ1) is 21.5. The van der Waals surface area contributed by atoms with Gasteiger partial charge in [0.25, 0.3) is 0 Å². The summed E-state index contributed by atoms with van der Waals surface area (Å²) in [5.74, 6) is 1.15. The lowest BCUT2D eigenvalue weighted by molar-refractivity contribution is 0.0980. The molecule has 0 amide bonds. The van der Waals surface area contributed by atoms with Crippen LogP contribution in [0.15, 0.2) is 91.0 Å². The largest absolute Gasteiger partial charge is 0.457 e. The maximum atomic E-state index is 13.5. The van der Waals surface area contributed by atoms with Crippen LogP contribution in [-0.2, 0) is 0 Å². The molecule has 5 nitrogen and oxygen atoms in total. The molecule has 4 aromatic rings. The molecule has 0 radical (unpaired) electrons. The summed E-state index contributed by atoms with van der Waals surface area (Å²) >= 11 is 0. The van der Waals surface area contributed by atoms with Gasteiger partial charge in [0.1, 0.15) is 11.5 Å². The van der Waals surface area contributed by atoms with Crippen molar-refractivity contribution in [2.24, 2.45) is 0 Å². The van der Waals surface area contributed by atoms with Crippen LogP contribution in [0.1, 0.15) is 45.7 Å². The molecule has 0 saturated carbocycles. The highest BCUT2D eigenvalue weighted by molar-refractivity contribution is 6.32. The third-order valence-corrected chi connectivity index (χ3v) is 5.63. The number of ketones is 2.